The molecule has 3 aromatic rings. The lowest BCUT2D eigenvalue weighted by Crippen LogP contribution is -2.33. The van der Waals surface area contributed by atoms with Gasteiger partial charge in [0.25, 0.3) is 0 Å². The van der Waals surface area contributed by atoms with Gasteiger partial charge in [0.05, 0.1) is 21.3 Å². The molecule has 2 N–H and O–H groups in total. The maximum Gasteiger partial charge on any atom is 0.241 e. The van der Waals surface area contributed by atoms with E-state index in [9.17, 15) is 13.2 Å². The Kier molecular flexibility index (Phi) is 7.28. The summed E-state index contributed by atoms with van der Waals surface area (Å²) in [5.74, 6) is -0.511. The minimum Gasteiger partial charge on any atom is -0.491 e. The summed E-state index contributed by atoms with van der Waals surface area (Å²) in [7, 11) is -3.79. The highest BCUT2D eigenvalue weighted by Crippen LogP contribution is 2.22. The predicted octanol–water partition coefficient (Wildman–Crippen LogP) is 3.57. The standard InChI is InChI=1S/C21H25N3O4S2/c1-15(2)28-17-11-9-16(10-12-17)24-30(26,27)14-20(25)22-13-5-8-21-23-18-6-3-4-7-19(18)29-21/h3-4,6-7,9-12,15,24H,5,8,13-14H2,1-2H3,(H,22,25). The molecule has 1 amide bonds. The number of hydrogen-bond acceptors (Lipinski definition) is 6. The Morgan fingerprint density at radius 3 is 2.57 bits per heavy atom. The van der Waals surface area contributed by atoms with Crippen LogP contribution in [0.4, 0.5) is 5.69 Å². The van der Waals surface area contributed by atoms with E-state index in [1.165, 1.54) is 0 Å². The molecule has 0 aliphatic carbocycles. The second-order valence-corrected chi connectivity index (χ2v) is 9.92. The van der Waals surface area contributed by atoms with Crippen LogP contribution >= 0.6 is 11.3 Å². The number of para-hydroxylation sites is 1. The third-order valence-corrected chi connectivity index (χ3v) is 6.33. The molecule has 7 nitrogen and oxygen atoms in total. The molecule has 0 aliphatic heterocycles. The van der Waals surface area contributed by atoms with Crippen LogP contribution in [0, 0.1) is 0 Å². The first-order valence-electron chi connectivity index (χ1n) is 9.69. The summed E-state index contributed by atoms with van der Waals surface area (Å²) in [4.78, 5) is 16.6. The highest BCUT2D eigenvalue weighted by Gasteiger charge is 2.16. The lowest BCUT2D eigenvalue weighted by molar-refractivity contribution is -0.118. The number of thiazole rings is 1. The van der Waals surface area contributed by atoms with E-state index in [2.05, 4.69) is 15.0 Å². The van der Waals surface area contributed by atoms with E-state index in [0.29, 0.717) is 24.4 Å². The van der Waals surface area contributed by atoms with Crippen molar-refractivity contribution in [3.63, 3.8) is 0 Å². The largest absolute Gasteiger partial charge is 0.491 e. The van der Waals surface area contributed by atoms with Crippen LogP contribution in [0.3, 0.4) is 0 Å². The quantitative estimate of drug-likeness (QED) is 0.463. The number of aromatic nitrogens is 1. The van der Waals surface area contributed by atoms with Crippen LogP contribution in [-0.2, 0) is 21.2 Å². The number of nitrogens with zero attached hydrogens (tertiary/aromatic N) is 1. The van der Waals surface area contributed by atoms with Crippen LogP contribution in [0.15, 0.2) is 48.5 Å². The van der Waals surface area contributed by atoms with Crippen molar-refractivity contribution >= 4 is 43.2 Å². The fraction of sp³-hybridized carbons (Fsp3) is 0.333. The van der Waals surface area contributed by atoms with Gasteiger partial charge in [-0.25, -0.2) is 13.4 Å². The van der Waals surface area contributed by atoms with Crippen LogP contribution in [0.25, 0.3) is 10.2 Å². The van der Waals surface area contributed by atoms with Gasteiger partial charge >= 0.3 is 0 Å². The Morgan fingerprint density at radius 2 is 1.87 bits per heavy atom. The zero-order chi connectivity index (χ0) is 21.6. The number of hydrogen-bond donors (Lipinski definition) is 2. The number of benzene rings is 2. The summed E-state index contributed by atoms with van der Waals surface area (Å²) in [6.07, 6.45) is 1.46. The monoisotopic (exact) mass is 447 g/mol. The van der Waals surface area contributed by atoms with Gasteiger partial charge in [0.1, 0.15) is 11.5 Å². The first kappa shape index (κ1) is 22.0. The molecule has 9 heteroatoms. The number of rotatable bonds is 10. The summed E-state index contributed by atoms with van der Waals surface area (Å²) in [6, 6.07) is 14.5. The van der Waals surface area contributed by atoms with Gasteiger partial charge < -0.3 is 10.1 Å². The summed E-state index contributed by atoms with van der Waals surface area (Å²) < 4.78 is 33.5. The van der Waals surface area contributed by atoms with Crippen molar-refractivity contribution in [2.45, 2.75) is 32.8 Å². The van der Waals surface area contributed by atoms with Crippen molar-refractivity contribution in [1.82, 2.24) is 10.3 Å². The molecular formula is C21H25N3O4S2. The van der Waals surface area contributed by atoms with Crippen LogP contribution in [0.1, 0.15) is 25.3 Å². The molecule has 0 saturated carbocycles. The van der Waals surface area contributed by atoms with E-state index in [-0.39, 0.29) is 6.10 Å². The zero-order valence-electron chi connectivity index (χ0n) is 16.9. The number of fused-ring (bicyclic) bond motifs is 1. The first-order valence-corrected chi connectivity index (χ1v) is 12.2. The van der Waals surface area contributed by atoms with Gasteiger partial charge in [-0.05, 0) is 56.7 Å². The number of carbonyl (C=O) groups is 1. The summed E-state index contributed by atoms with van der Waals surface area (Å²) in [6.45, 7) is 4.22. The second kappa shape index (κ2) is 9.90. The van der Waals surface area contributed by atoms with Crippen molar-refractivity contribution in [3.8, 4) is 5.75 Å². The third kappa shape index (κ3) is 6.70. The van der Waals surface area contributed by atoms with E-state index >= 15 is 0 Å². The van der Waals surface area contributed by atoms with E-state index in [1.807, 2.05) is 38.1 Å². The molecule has 30 heavy (non-hydrogen) atoms. The number of aryl methyl sites for hydroxylation is 1. The normalized spacial score (nSPS) is 11.6. The molecule has 0 unspecified atom stereocenters. The van der Waals surface area contributed by atoms with Crippen LogP contribution in [0.5, 0.6) is 5.75 Å². The molecule has 160 valence electrons. The molecule has 0 radical (unpaired) electrons. The molecule has 0 spiro atoms. The second-order valence-electron chi connectivity index (χ2n) is 7.08. The van der Waals surface area contributed by atoms with Crippen molar-refractivity contribution in [2.24, 2.45) is 0 Å². The van der Waals surface area contributed by atoms with Gasteiger partial charge in [0, 0.05) is 18.7 Å². The minimum atomic E-state index is -3.79. The summed E-state index contributed by atoms with van der Waals surface area (Å²) >= 11 is 1.63. The number of sulfonamides is 1. The van der Waals surface area contributed by atoms with Crippen molar-refractivity contribution in [2.75, 3.05) is 17.0 Å². The maximum atomic E-state index is 12.2. The van der Waals surface area contributed by atoms with E-state index < -0.39 is 21.7 Å². The molecule has 0 saturated heterocycles. The van der Waals surface area contributed by atoms with Gasteiger partial charge in [-0.1, -0.05) is 12.1 Å². The van der Waals surface area contributed by atoms with Crippen LogP contribution in [-0.4, -0.2) is 37.7 Å². The number of ether oxygens (including phenoxy) is 1. The van der Waals surface area contributed by atoms with E-state index in [4.69, 9.17) is 4.74 Å². The Bertz CT molecular complexity index is 1060. The van der Waals surface area contributed by atoms with E-state index in [1.54, 1.807) is 35.6 Å². The van der Waals surface area contributed by atoms with Crippen LogP contribution < -0.4 is 14.8 Å². The molecule has 0 bridgehead atoms. The number of amides is 1. The highest BCUT2D eigenvalue weighted by atomic mass is 32.2. The zero-order valence-corrected chi connectivity index (χ0v) is 18.6. The maximum absolute atomic E-state index is 12.2. The number of nitrogens with one attached hydrogen (secondary N) is 2. The van der Waals surface area contributed by atoms with Crippen molar-refractivity contribution in [1.29, 1.82) is 0 Å². The van der Waals surface area contributed by atoms with E-state index in [0.717, 1.165) is 21.6 Å². The molecular weight excluding hydrogens is 422 g/mol. The number of carbonyl (C=O) groups excluding carboxylic acids is 1. The van der Waals surface area contributed by atoms with Gasteiger partial charge in [-0.2, -0.15) is 0 Å². The summed E-state index contributed by atoms with van der Waals surface area (Å²) in [5, 5.41) is 3.66. The Labute approximate surface area is 180 Å². The van der Waals surface area contributed by atoms with Gasteiger partial charge in [-0.15, -0.1) is 11.3 Å². The fourth-order valence-electron chi connectivity index (χ4n) is 2.81. The lowest BCUT2D eigenvalue weighted by atomic mass is 10.3. The van der Waals surface area contributed by atoms with Gasteiger partial charge in [0.15, 0.2) is 0 Å². The molecule has 0 aliphatic rings. The summed E-state index contributed by atoms with van der Waals surface area (Å²) in [5.41, 5.74) is 1.36. The third-order valence-electron chi connectivity index (χ3n) is 4.05. The Balaban J connectivity index is 1.41. The fourth-order valence-corrected chi connectivity index (χ4v) is 4.83. The molecule has 1 aromatic heterocycles. The average molecular weight is 448 g/mol. The molecule has 0 atom stereocenters. The van der Waals surface area contributed by atoms with Gasteiger partial charge in [0.2, 0.25) is 15.9 Å². The highest BCUT2D eigenvalue weighted by molar-refractivity contribution is 7.93. The number of anilines is 1. The lowest BCUT2D eigenvalue weighted by Gasteiger charge is -2.11. The Morgan fingerprint density at radius 1 is 1.13 bits per heavy atom. The molecule has 1 heterocycles. The van der Waals surface area contributed by atoms with Crippen molar-refractivity contribution < 1.29 is 17.9 Å². The Hall–Kier alpha value is -2.65. The topological polar surface area (TPSA) is 97.4 Å². The van der Waals surface area contributed by atoms with Crippen LogP contribution in [0.2, 0.25) is 0 Å². The molecule has 2 aromatic carbocycles. The molecule has 0 fully saturated rings. The average Bonchev–Trinajstić information content (AvgIpc) is 3.08. The van der Waals surface area contributed by atoms with Crippen molar-refractivity contribution in [3.05, 3.63) is 53.5 Å². The molecule has 3 rings (SSSR count). The predicted molar refractivity (Wildman–Crippen MR) is 121 cm³/mol. The SMILES string of the molecule is CC(C)Oc1ccc(NS(=O)(=O)CC(=O)NCCCc2nc3ccccc3s2)cc1. The minimum absolute atomic E-state index is 0.0332. The van der Waals surface area contributed by atoms with Gasteiger partial charge in [-0.3, -0.25) is 9.52 Å². The first-order chi connectivity index (χ1) is 14.3. The smallest absolute Gasteiger partial charge is 0.241 e.